The predicted octanol–water partition coefficient (Wildman–Crippen LogP) is 5.76. The van der Waals surface area contributed by atoms with Gasteiger partial charge in [0.2, 0.25) is 0 Å². The van der Waals surface area contributed by atoms with E-state index >= 15 is 0 Å². The first kappa shape index (κ1) is 21.2. The number of nitrogens with one attached hydrogen (secondary N) is 1. The maximum atomic E-state index is 5.01. The zero-order chi connectivity index (χ0) is 17.1. The minimum atomic E-state index is 0.889. The Balaban J connectivity index is 0.000000400. The molecule has 0 unspecified atom stereocenters. The molecule has 0 aliphatic carbocycles. The lowest BCUT2D eigenvalue weighted by atomic mass is 10.0. The molecule has 0 atom stereocenters. The molecule has 1 aromatic carbocycles. The summed E-state index contributed by atoms with van der Waals surface area (Å²) in [7, 11) is 0. The normalized spacial score (nSPS) is 14.0. The molecular formula is C22H39NO. The third-order valence-corrected chi connectivity index (χ3v) is 4.51. The minimum absolute atomic E-state index is 0.889. The highest BCUT2D eigenvalue weighted by molar-refractivity contribution is 5.14. The molecular weight excluding hydrogens is 294 g/mol. The Morgan fingerprint density at radius 3 is 1.75 bits per heavy atom. The Labute approximate surface area is 150 Å². The highest BCUT2D eigenvalue weighted by Crippen LogP contribution is 2.12. The second-order valence-electron chi connectivity index (χ2n) is 6.78. The SMILES string of the molecule is C1COCCN1.CCCCCCCCCCCCc1ccccc1. The van der Waals surface area contributed by atoms with Crippen molar-refractivity contribution in [2.24, 2.45) is 0 Å². The molecule has 0 bridgehead atoms. The summed E-state index contributed by atoms with van der Waals surface area (Å²) < 4.78 is 5.01. The fourth-order valence-electron chi connectivity index (χ4n) is 2.98. The van der Waals surface area contributed by atoms with E-state index in [0.29, 0.717) is 0 Å². The first-order valence-corrected chi connectivity index (χ1v) is 10.3. The fourth-order valence-corrected chi connectivity index (χ4v) is 2.98. The number of aryl methyl sites for hydroxylation is 1. The molecule has 0 aromatic heterocycles. The molecule has 1 N–H and O–H groups in total. The second-order valence-corrected chi connectivity index (χ2v) is 6.78. The molecule has 1 aliphatic heterocycles. The molecule has 0 radical (unpaired) electrons. The molecule has 24 heavy (non-hydrogen) atoms. The molecule has 1 heterocycles. The first-order valence-electron chi connectivity index (χ1n) is 10.3. The van der Waals surface area contributed by atoms with Gasteiger partial charge in [0.05, 0.1) is 13.2 Å². The second kappa shape index (κ2) is 17.0. The van der Waals surface area contributed by atoms with Gasteiger partial charge in [-0.25, -0.2) is 0 Å². The van der Waals surface area contributed by atoms with E-state index in [1.54, 1.807) is 0 Å². The van der Waals surface area contributed by atoms with Gasteiger partial charge in [-0.2, -0.15) is 0 Å². The third kappa shape index (κ3) is 13.6. The van der Waals surface area contributed by atoms with Crippen LogP contribution in [0.3, 0.4) is 0 Å². The van der Waals surface area contributed by atoms with Crippen molar-refractivity contribution in [1.29, 1.82) is 0 Å². The Kier molecular flexibility index (Phi) is 15.0. The number of ether oxygens (including phenoxy) is 1. The van der Waals surface area contributed by atoms with Crippen molar-refractivity contribution in [3.05, 3.63) is 35.9 Å². The van der Waals surface area contributed by atoms with Crippen LogP contribution in [0.5, 0.6) is 0 Å². The van der Waals surface area contributed by atoms with E-state index in [1.165, 1.54) is 76.2 Å². The van der Waals surface area contributed by atoms with Crippen LogP contribution in [0.1, 0.15) is 76.7 Å². The van der Waals surface area contributed by atoms with Gasteiger partial charge < -0.3 is 10.1 Å². The molecule has 0 amide bonds. The summed E-state index contributed by atoms with van der Waals surface area (Å²) in [5.41, 5.74) is 1.50. The first-order chi connectivity index (χ1) is 11.9. The van der Waals surface area contributed by atoms with Crippen LogP contribution in [0.15, 0.2) is 30.3 Å². The van der Waals surface area contributed by atoms with Crippen LogP contribution in [-0.4, -0.2) is 26.3 Å². The van der Waals surface area contributed by atoms with Gasteiger partial charge in [0.1, 0.15) is 0 Å². The lowest BCUT2D eigenvalue weighted by Crippen LogP contribution is -2.30. The van der Waals surface area contributed by atoms with Crippen LogP contribution in [0, 0.1) is 0 Å². The molecule has 1 aromatic rings. The van der Waals surface area contributed by atoms with Crippen LogP contribution < -0.4 is 5.32 Å². The molecule has 0 spiro atoms. The van der Waals surface area contributed by atoms with E-state index in [-0.39, 0.29) is 0 Å². The molecule has 138 valence electrons. The molecule has 0 saturated carbocycles. The van der Waals surface area contributed by atoms with Gasteiger partial charge in [-0.15, -0.1) is 0 Å². The number of rotatable bonds is 11. The molecule has 1 aliphatic rings. The summed E-state index contributed by atoms with van der Waals surface area (Å²) in [5.74, 6) is 0. The summed E-state index contributed by atoms with van der Waals surface area (Å²) in [5, 5.41) is 3.16. The highest BCUT2D eigenvalue weighted by Gasteiger charge is 1.94. The van der Waals surface area contributed by atoms with Gasteiger partial charge in [-0.1, -0.05) is 95.0 Å². The van der Waals surface area contributed by atoms with E-state index in [0.717, 1.165) is 26.3 Å². The summed E-state index contributed by atoms with van der Waals surface area (Å²) in [6.45, 7) is 6.12. The van der Waals surface area contributed by atoms with Crippen molar-refractivity contribution in [3.8, 4) is 0 Å². The Morgan fingerprint density at radius 1 is 0.750 bits per heavy atom. The van der Waals surface area contributed by atoms with E-state index < -0.39 is 0 Å². The number of hydrogen-bond donors (Lipinski definition) is 1. The molecule has 2 rings (SSSR count). The van der Waals surface area contributed by atoms with Gasteiger partial charge in [0, 0.05) is 13.1 Å². The van der Waals surface area contributed by atoms with E-state index in [9.17, 15) is 0 Å². The fraction of sp³-hybridized carbons (Fsp3) is 0.727. The van der Waals surface area contributed by atoms with Crippen molar-refractivity contribution in [1.82, 2.24) is 5.32 Å². The number of hydrogen-bond acceptors (Lipinski definition) is 2. The van der Waals surface area contributed by atoms with Gasteiger partial charge in [-0.05, 0) is 18.4 Å². The smallest absolute Gasteiger partial charge is 0.0591 e. The van der Waals surface area contributed by atoms with E-state index in [4.69, 9.17) is 4.74 Å². The van der Waals surface area contributed by atoms with Crippen molar-refractivity contribution in [2.45, 2.75) is 77.6 Å². The lowest BCUT2D eigenvalue weighted by molar-refractivity contribution is 0.109. The van der Waals surface area contributed by atoms with Gasteiger partial charge in [0.25, 0.3) is 0 Å². The molecule has 2 nitrogen and oxygen atoms in total. The van der Waals surface area contributed by atoms with Crippen LogP contribution in [0.4, 0.5) is 0 Å². The Hall–Kier alpha value is -0.860. The monoisotopic (exact) mass is 333 g/mol. The summed E-state index contributed by atoms with van der Waals surface area (Å²) in [4.78, 5) is 0. The Morgan fingerprint density at radius 2 is 1.29 bits per heavy atom. The average Bonchev–Trinajstić information content (AvgIpc) is 2.66. The molecule has 1 saturated heterocycles. The molecule has 1 fully saturated rings. The van der Waals surface area contributed by atoms with Gasteiger partial charge in [0.15, 0.2) is 0 Å². The standard InChI is InChI=1S/C18H30.C4H9NO/c1-2-3-4-5-6-7-8-9-10-12-15-18-16-13-11-14-17-18;1-3-6-4-2-5-1/h11,13-14,16-17H,2-10,12,15H2,1H3;5H,1-4H2. The van der Waals surface area contributed by atoms with Gasteiger partial charge in [-0.3, -0.25) is 0 Å². The van der Waals surface area contributed by atoms with Crippen molar-refractivity contribution >= 4 is 0 Å². The topological polar surface area (TPSA) is 21.3 Å². The number of benzene rings is 1. The lowest BCUT2D eigenvalue weighted by Gasteiger charge is -2.10. The predicted molar refractivity (Wildman–Crippen MR) is 106 cm³/mol. The maximum absolute atomic E-state index is 5.01. The quantitative estimate of drug-likeness (QED) is 0.520. The van der Waals surface area contributed by atoms with Gasteiger partial charge >= 0.3 is 0 Å². The Bertz CT molecular complexity index is 337. The van der Waals surface area contributed by atoms with E-state index in [1.807, 2.05) is 0 Å². The van der Waals surface area contributed by atoms with Crippen LogP contribution in [0.2, 0.25) is 0 Å². The van der Waals surface area contributed by atoms with Crippen LogP contribution in [0.25, 0.3) is 0 Å². The zero-order valence-corrected chi connectivity index (χ0v) is 15.9. The zero-order valence-electron chi connectivity index (χ0n) is 15.9. The minimum Gasteiger partial charge on any atom is -0.379 e. The highest BCUT2D eigenvalue weighted by atomic mass is 16.5. The summed E-state index contributed by atoms with van der Waals surface area (Å²) >= 11 is 0. The summed E-state index contributed by atoms with van der Waals surface area (Å²) in [6, 6.07) is 10.9. The average molecular weight is 334 g/mol. The summed E-state index contributed by atoms with van der Waals surface area (Å²) in [6.07, 6.45) is 15.5. The number of morpholine rings is 1. The van der Waals surface area contributed by atoms with Crippen LogP contribution >= 0.6 is 0 Å². The van der Waals surface area contributed by atoms with Crippen molar-refractivity contribution in [3.63, 3.8) is 0 Å². The van der Waals surface area contributed by atoms with Crippen molar-refractivity contribution in [2.75, 3.05) is 26.3 Å². The number of unbranched alkanes of at least 4 members (excludes halogenated alkanes) is 9. The largest absolute Gasteiger partial charge is 0.379 e. The maximum Gasteiger partial charge on any atom is 0.0591 e. The van der Waals surface area contributed by atoms with Crippen molar-refractivity contribution < 1.29 is 4.74 Å². The van der Waals surface area contributed by atoms with E-state index in [2.05, 4.69) is 42.6 Å². The molecule has 2 heteroatoms. The third-order valence-electron chi connectivity index (χ3n) is 4.51. The van der Waals surface area contributed by atoms with Crippen LogP contribution in [-0.2, 0) is 11.2 Å².